The summed E-state index contributed by atoms with van der Waals surface area (Å²) in [6.07, 6.45) is 5.48. The topological polar surface area (TPSA) is 40.6 Å². The zero-order valence-corrected chi connectivity index (χ0v) is 13.5. The zero-order valence-electron chi connectivity index (χ0n) is 12.6. The molecular formula is C14H22BNO3S. The predicted molar refractivity (Wildman–Crippen MR) is 80.4 cm³/mol. The van der Waals surface area contributed by atoms with Crippen LogP contribution in [0.15, 0.2) is 6.20 Å². The van der Waals surface area contributed by atoms with E-state index in [1.165, 1.54) is 6.42 Å². The average Bonchev–Trinajstić information content (AvgIpc) is 2.94. The van der Waals surface area contributed by atoms with E-state index in [0.29, 0.717) is 0 Å². The minimum absolute atomic E-state index is 0.157. The monoisotopic (exact) mass is 295 g/mol. The van der Waals surface area contributed by atoms with Crippen LogP contribution in [0.5, 0.6) is 0 Å². The van der Waals surface area contributed by atoms with Gasteiger partial charge in [-0.1, -0.05) is 0 Å². The molecule has 6 heteroatoms. The Morgan fingerprint density at radius 1 is 1.20 bits per heavy atom. The highest BCUT2D eigenvalue weighted by atomic mass is 32.1. The van der Waals surface area contributed by atoms with Crippen LogP contribution in [-0.2, 0) is 14.0 Å². The number of rotatable bonds is 2. The molecule has 0 radical (unpaired) electrons. The van der Waals surface area contributed by atoms with Gasteiger partial charge in [0.15, 0.2) is 0 Å². The number of hydrogen-bond donors (Lipinski definition) is 0. The summed E-state index contributed by atoms with van der Waals surface area (Å²) in [5.41, 5.74) is -0.605. The third-order valence-electron chi connectivity index (χ3n) is 4.48. The molecule has 1 aromatic heterocycles. The molecule has 0 saturated carbocycles. The highest BCUT2D eigenvalue weighted by molar-refractivity contribution is 7.22. The minimum Gasteiger partial charge on any atom is -0.399 e. The zero-order chi connectivity index (χ0) is 14.4. The summed E-state index contributed by atoms with van der Waals surface area (Å²) in [7, 11) is -0.310. The van der Waals surface area contributed by atoms with Crippen molar-refractivity contribution in [2.75, 3.05) is 6.61 Å². The number of nitrogens with zero attached hydrogens (tertiary/aromatic N) is 1. The van der Waals surface area contributed by atoms with Crippen molar-refractivity contribution in [1.29, 1.82) is 0 Å². The molecule has 0 aliphatic carbocycles. The lowest BCUT2D eigenvalue weighted by atomic mass is 9.89. The van der Waals surface area contributed by atoms with E-state index in [-0.39, 0.29) is 24.4 Å². The van der Waals surface area contributed by atoms with Gasteiger partial charge in [-0.2, -0.15) is 0 Å². The van der Waals surface area contributed by atoms with Crippen LogP contribution in [0.2, 0.25) is 0 Å². The quantitative estimate of drug-likeness (QED) is 0.787. The van der Waals surface area contributed by atoms with E-state index in [1.807, 2.05) is 6.20 Å². The summed E-state index contributed by atoms with van der Waals surface area (Å²) >= 11 is 1.65. The van der Waals surface area contributed by atoms with Gasteiger partial charge in [0.05, 0.1) is 16.0 Å². The standard InChI is InChI=1S/C14H22BNO3S/c1-13(2)14(3,4)19-15(18-13)11-9-16-12(20-11)10-7-5-6-8-17-10/h9-10H,5-8H2,1-4H3. The molecule has 20 heavy (non-hydrogen) atoms. The van der Waals surface area contributed by atoms with Gasteiger partial charge in [0.1, 0.15) is 11.1 Å². The van der Waals surface area contributed by atoms with E-state index in [2.05, 4.69) is 32.7 Å². The minimum atomic E-state index is -0.310. The Hall–Kier alpha value is -0.425. The fourth-order valence-corrected chi connectivity index (χ4v) is 3.42. The molecule has 2 aliphatic heterocycles. The van der Waals surface area contributed by atoms with Gasteiger partial charge in [-0.05, 0) is 47.0 Å². The third kappa shape index (κ3) is 2.54. The van der Waals surface area contributed by atoms with Gasteiger partial charge in [-0.3, -0.25) is 0 Å². The maximum absolute atomic E-state index is 6.06. The Labute approximate surface area is 125 Å². The van der Waals surface area contributed by atoms with Crippen LogP contribution in [0.3, 0.4) is 0 Å². The maximum Gasteiger partial charge on any atom is 0.507 e. The van der Waals surface area contributed by atoms with E-state index in [0.717, 1.165) is 29.2 Å². The molecule has 0 N–H and O–H groups in total. The first-order chi connectivity index (χ1) is 9.39. The lowest BCUT2D eigenvalue weighted by Crippen LogP contribution is -2.41. The largest absolute Gasteiger partial charge is 0.507 e. The summed E-state index contributed by atoms with van der Waals surface area (Å²) in [5, 5.41) is 1.05. The van der Waals surface area contributed by atoms with Crippen LogP contribution in [0, 0.1) is 0 Å². The molecule has 2 fully saturated rings. The van der Waals surface area contributed by atoms with Crippen LogP contribution in [-0.4, -0.2) is 29.9 Å². The maximum atomic E-state index is 6.06. The molecule has 0 spiro atoms. The molecule has 0 aromatic carbocycles. The molecule has 1 atom stereocenters. The van der Waals surface area contributed by atoms with E-state index < -0.39 is 0 Å². The molecule has 1 unspecified atom stereocenters. The Morgan fingerprint density at radius 2 is 1.90 bits per heavy atom. The van der Waals surface area contributed by atoms with Gasteiger partial charge in [0.2, 0.25) is 0 Å². The molecular weight excluding hydrogens is 273 g/mol. The molecule has 2 aliphatic rings. The summed E-state index contributed by atoms with van der Waals surface area (Å²) in [6, 6.07) is 0. The number of ether oxygens (including phenoxy) is 1. The Morgan fingerprint density at radius 3 is 2.50 bits per heavy atom. The number of aromatic nitrogens is 1. The van der Waals surface area contributed by atoms with E-state index in [1.54, 1.807) is 11.3 Å². The molecule has 3 heterocycles. The van der Waals surface area contributed by atoms with Crippen molar-refractivity contribution in [2.45, 2.75) is 64.3 Å². The second-order valence-corrected chi connectivity index (χ2v) is 7.64. The fourth-order valence-electron chi connectivity index (χ4n) is 2.45. The van der Waals surface area contributed by atoms with E-state index >= 15 is 0 Å². The Bertz CT molecular complexity index is 467. The average molecular weight is 295 g/mol. The number of thiazole rings is 1. The lowest BCUT2D eigenvalue weighted by Gasteiger charge is -2.32. The van der Waals surface area contributed by atoms with Crippen molar-refractivity contribution in [1.82, 2.24) is 4.98 Å². The molecule has 3 rings (SSSR count). The van der Waals surface area contributed by atoms with Crippen LogP contribution in [0.25, 0.3) is 0 Å². The Balaban J connectivity index is 1.74. The van der Waals surface area contributed by atoms with Gasteiger partial charge in [-0.15, -0.1) is 11.3 Å². The summed E-state index contributed by atoms with van der Waals surface area (Å²) in [5.74, 6) is 0. The first-order valence-corrected chi connectivity index (χ1v) is 8.13. The first kappa shape index (κ1) is 14.5. The second-order valence-electron chi connectivity index (χ2n) is 6.54. The molecule has 1 aromatic rings. The van der Waals surface area contributed by atoms with Crippen molar-refractivity contribution in [3.8, 4) is 0 Å². The first-order valence-electron chi connectivity index (χ1n) is 7.32. The summed E-state index contributed by atoms with van der Waals surface area (Å²) < 4.78 is 18.9. The predicted octanol–water partition coefficient (Wildman–Crippen LogP) is 2.68. The summed E-state index contributed by atoms with van der Waals surface area (Å²) in [4.78, 5) is 4.51. The van der Waals surface area contributed by atoms with Crippen molar-refractivity contribution in [3.05, 3.63) is 11.2 Å². The van der Waals surface area contributed by atoms with Crippen LogP contribution in [0.4, 0.5) is 0 Å². The fraction of sp³-hybridized carbons (Fsp3) is 0.786. The van der Waals surface area contributed by atoms with Crippen LogP contribution < -0.4 is 4.78 Å². The van der Waals surface area contributed by atoms with Crippen molar-refractivity contribution in [3.63, 3.8) is 0 Å². The van der Waals surface area contributed by atoms with Gasteiger partial charge < -0.3 is 14.0 Å². The lowest BCUT2D eigenvalue weighted by molar-refractivity contribution is 0.00578. The second kappa shape index (κ2) is 5.09. The highest BCUT2D eigenvalue weighted by Crippen LogP contribution is 2.37. The van der Waals surface area contributed by atoms with Crippen molar-refractivity contribution >= 4 is 23.2 Å². The van der Waals surface area contributed by atoms with Crippen molar-refractivity contribution < 1.29 is 14.0 Å². The molecule has 110 valence electrons. The van der Waals surface area contributed by atoms with E-state index in [4.69, 9.17) is 14.0 Å². The van der Waals surface area contributed by atoms with Gasteiger partial charge in [0, 0.05) is 12.8 Å². The molecule has 2 saturated heterocycles. The van der Waals surface area contributed by atoms with Crippen LogP contribution >= 0.6 is 11.3 Å². The van der Waals surface area contributed by atoms with Gasteiger partial charge in [0.25, 0.3) is 0 Å². The van der Waals surface area contributed by atoms with Crippen LogP contribution in [0.1, 0.15) is 58.1 Å². The summed E-state index contributed by atoms with van der Waals surface area (Å²) in [6.45, 7) is 9.12. The van der Waals surface area contributed by atoms with Gasteiger partial charge in [-0.25, -0.2) is 4.98 Å². The SMILES string of the molecule is CC1(C)OB(c2cnc(C3CCCCO3)s2)OC1(C)C. The van der Waals surface area contributed by atoms with Gasteiger partial charge >= 0.3 is 7.12 Å². The molecule has 0 amide bonds. The third-order valence-corrected chi connectivity index (χ3v) is 5.59. The Kier molecular flexibility index (Phi) is 3.69. The smallest absolute Gasteiger partial charge is 0.399 e. The van der Waals surface area contributed by atoms with Crippen molar-refractivity contribution in [2.24, 2.45) is 0 Å². The van der Waals surface area contributed by atoms with E-state index in [9.17, 15) is 0 Å². The molecule has 4 nitrogen and oxygen atoms in total. The molecule has 0 bridgehead atoms. The highest BCUT2D eigenvalue weighted by Gasteiger charge is 2.52. The number of hydrogen-bond acceptors (Lipinski definition) is 5. The normalized spacial score (nSPS) is 28.8.